The minimum absolute atomic E-state index is 0.0412. The van der Waals surface area contributed by atoms with Crippen LogP contribution in [-0.2, 0) is 14.6 Å². The molecular weight excluding hydrogens is 218 g/mol. The summed E-state index contributed by atoms with van der Waals surface area (Å²) < 4.78 is 22.2. The van der Waals surface area contributed by atoms with Gasteiger partial charge in [-0.3, -0.25) is 10.1 Å². The highest BCUT2D eigenvalue weighted by atomic mass is 32.2. The number of sulfone groups is 1. The predicted molar refractivity (Wildman–Crippen MR) is 56.2 cm³/mol. The summed E-state index contributed by atoms with van der Waals surface area (Å²) in [6, 6.07) is -1.04. The molecule has 2 N–H and O–H groups in total. The van der Waals surface area contributed by atoms with Crippen LogP contribution in [0.2, 0.25) is 0 Å². The van der Waals surface area contributed by atoms with Crippen LogP contribution in [0.4, 0.5) is 0 Å². The molecule has 0 amide bonds. The number of hydrogen-bond acceptors (Lipinski definition) is 4. The number of rotatable bonds is 5. The Kier molecular flexibility index (Phi) is 3.87. The van der Waals surface area contributed by atoms with Gasteiger partial charge < -0.3 is 5.11 Å². The number of aliphatic carboxylic acids is 1. The largest absolute Gasteiger partial charge is 0.480 e. The molecule has 0 aromatic heterocycles. The molecule has 0 fully saturated rings. The van der Waals surface area contributed by atoms with Crippen molar-refractivity contribution in [3.63, 3.8) is 0 Å². The minimum Gasteiger partial charge on any atom is -0.480 e. The first-order valence-corrected chi connectivity index (χ1v) is 6.56. The van der Waals surface area contributed by atoms with Crippen LogP contribution in [0, 0.1) is 0 Å². The average Bonchev–Trinajstić information content (AvgIpc) is 2.44. The summed E-state index contributed by atoms with van der Waals surface area (Å²) >= 11 is 0. The second-order valence-electron chi connectivity index (χ2n) is 3.61. The molecule has 1 heterocycles. The second kappa shape index (κ2) is 4.76. The van der Waals surface area contributed by atoms with Crippen molar-refractivity contribution < 1.29 is 18.3 Å². The Labute approximate surface area is 89.1 Å². The van der Waals surface area contributed by atoms with E-state index in [0.717, 1.165) is 11.8 Å². The van der Waals surface area contributed by atoms with Crippen molar-refractivity contribution in [2.45, 2.75) is 31.8 Å². The summed E-state index contributed by atoms with van der Waals surface area (Å²) in [4.78, 5) is 10.8. The number of hydrogen-bond donors (Lipinski definition) is 2. The van der Waals surface area contributed by atoms with Gasteiger partial charge in [-0.05, 0) is 6.42 Å². The average molecular weight is 233 g/mol. The highest BCUT2D eigenvalue weighted by Crippen LogP contribution is 2.10. The molecule has 0 radical (unpaired) electrons. The van der Waals surface area contributed by atoms with E-state index in [1.54, 1.807) is 0 Å². The third kappa shape index (κ3) is 3.64. The Morgan fingerprint density at radius 3 is 2.73 bits per heavy atom. The molecule has 1 aliphatic heterocycles. The third-order valence-corrected chi connectivity index (χ3v) is 3.62. The number of nitrogens with one attached hydrogen (secondary N) is 1. The quantitative estimate of drug-likeness (QED) is 0.705. The van der Waals surface area contributed by atoms with Crippen LogP contribution in [0.1, 0.15) is 19.8 Å². The lowest BCUT2D eigenvalue weighted by atomic mass is 10.1. The summed E-state index contributed by atoms with van der Waals surface area (Å²) in [5.41, 5.74) is 0. The first kappa shape index (κ1) is 12.2. The Bertz CT molecular complexity index is 360. The van der Waals surface area contributed by atoms with Gasteiger partial charge in [-0.1, -0.05) is 19.4 Å². The summed E-state index contributed by atoms with van der Waals surface area (Å²) in [5.74, 6) is -0.977. The van der Waals surface area contributed by atoms with Crippen molar-refractivity contribution in [2.75, 3.05) is 5.75 Å². The monoisotopic (exact) mass is 233 g/mol. The van der Waals surface area contributed by atoms with Gasteiger partial charge in [-0.15, -0.1) is 0 Å². The molecule has 0 saturated carbocycles. The van der Waals surface area contributed by atoms with Crippen molar-refractivity contribution in [3.05, 3.63) is 11.5 Å². The maximum atomic E-state index is 11.1. The molecular formula is C9H15NO4S. The first-order chi connectivity index (χ1) is 6.94. The zero-order valence-electron chi connectivity index (χ0n) is 8.51. The smallest absolute Gasteiger partial charge is 0.320 e. The highest BCUT2D eigenvalue weighted by Gasteiger charge is 2.26. The van der Waals surface area contributed by atoms with Crippen molar-refractivity contribution in [1.82, 2.24) is 5.32 Å². The molecule has 5 nitrogen and oxygen atoms in total. The minimum atomic E-state index is -3.12. The van der Waals surface area contributed by atoms with Crippen LogP contribution in [0.25, 0.3) is 0 Å². The molecule has 1 rings (SSSR count). The van der Waals surface area contributed by atoms with E-state index in [0.29, 0.717) is 6.42 Å². The highest BCUT2D eigenvalue weighted by molar-refractivity contribution is 7.94. The fourth-order valence-corrected chi connectivity index (χ4v) is 2.75. The first-order valence-electron chi connectivity index (χ1n) is 4.84. The lowest BCUT2D eigenvalue weighted by Gasteiger charge is -2.17. The van der Waals surface area contributed by atoms with E-state index in [1.807, 2.05) is 6.92 Å². The molecule has 0 aromatic carbocycles. The maximum Gasteiger partial charge on any atom is 0.320 e. The molecule has 86 valence electrons. The van der Waals surface area contributed by atoms with E-state index in [9.17, 15) is 13.2 Å². The third-order valence-electron chi connectivity index (χ3n) is 2.22. The molecule has 2 unspecified atom stereocenters. The lowest BCUT2D eigenvalue weighted by molar-refractivity contribution is -0.139. The SMILES string of the molecule is CCCC(NC1C=CS(=O)(=O)C1)C(=O)O. The molecule has 2 atom stereocenters. The van der Waals surface area contributed by atoms with Crippen molar-refractivity contribution in [3.8, 4) is 0 Å². The van der Waals surface area contributed by atoms with E-state index in [2.05, 4.69) is 5.32 Å². The molecule has 6 heteroatoms. The number of carbonyl (C=O) groups is 1. The van der Waals surface area contributed by atoms with Gasteiger partial charge >= 0.3 is 5.97 Å². The van der Waals surface area contributed by atoms with Crippen LogP contribution in [0.5, 0.6) is 0 Å². The molecule has 0 bridgehead atoms. The molecule has 15 heavy (non-hydrogen) atoms. The van der Waals surface area contributed by atoms with Gasteiger partial charge in [0.1, 0.15) is 6.04 Å². The molecule has 0 aliphatic carbocycles. The Hall–Kier alpha value is -0.880. The van der Waals surface area contributed by atoms with Gasteiger partial charge in [0.25, 0.3) is 0 Å². The van der Waals surface area contributed by atoms with E-state index < -0.39 is 21.8 Å². The fraction of sp³-hybridized carbons (Fsp3) is 0.667. The van der Waals surface area contributed by atoms with Crippen molar-refractivity contribution in [1.29, 1.82) is 0 Å². The van der Waals surface area contributed by atoms with Crippen molar-refractivity contribution >= 4 is 15.8 Å². The summed E-state index contributed by atoms with van der Waals surface area (Å²) in [6.07, 6.45) is 2.74. The Morgan fingerprint density at radius 1 is 1.67 bits per heavy atom. The summed E-state index contributed by atoms with van der Waals surface area (Å²) in [7, 11) is -3.12. The van der Waals surface area contributed by atoms with E-state index in [-0.39, 0.29) is 11.8 Å². The predicted octanol–water partition coefficient (Wildman–Crippen LogP) is 0.140. The van der Waals surface area contributed by atoms with Crippen LogP contribution >= 0.6 is 0 Å². The standard InChI is InChI=1S/C9H15NO4S/c1-2-3-8(9(11)12)10-7-4-5-15(13,14)6-7/h4-5,7-8,10H,2-3,6H2,1H3,(H,11,12). The topological polar surface area (TPSA) is 83.5 Å². The second-order valence-corrected chi connectivity index (χ2v) is 5.54. The summed E-state index contributed by atoms with van der Waals surface area (Å²) in [6.45, 7) is 1.89. The van der Waals surface area contributed by atoms with Gasteiger partial charge in [-0.25, -0.2) is 8.42 Å². The van der Waals surface area contributed by atoms with Crippen molar-refractivity contribution in [2.24, 2.45) is 0 Å². The molecule has 0 saturated heterocycles. The van der Waals surface area contributed by atoms with E-state index in [4.69, 9.17) is 5.11 Å². The van der Waals surface area contributed by atoms with Gasteiger partial charge in [0.2, 0.25) is 0 Å². The van der Waals surface area contributed by atoms with E-state index >= 15 is 0 Å². The maximum absolute atomic E-state index is 11.1. The lowest BCUT2D eigenvalue weighted by Crippen LogP contribution is -2.43. The number of carboxylic acid groups (broad SMARTS) is 1. The van der Waals surface area contributed by atoms with E-state index in [1.165, 1.54) is 6.08 Å². The van der Waals surface area contributed by atoms with Gasteiger partial charge in [0.05, 0.1) is 5.75 Å². The summed E-state index contributed by atoms with van der Waals surface area (Å²) in [5, 5.41) is 12.8. The zero-order chi connectivity index (χ0) is 11.5. The van der Waals surface area contributed by atoms with Crippen LogP contribution in [-0.4, -0.2) is 37.3 Å². The molecule has 0 spiro atoms. The Balaban J connectivity index is 2.54. The van der Waals surface area contributed by atoms with Gasteiger partial charge in [0.15, 0.2) is 9.84 Å². The Morgan fingerprint density at radius 2 is 2.33 bits per heavy atom. The van der Waals surface area contributed by atoms with Gasteiger partial charge in [0, 0.05) is 11.4 Å². The van der Waals surface area contributed by atoms with Crippen LogP contribution in [0.3, 0.4) is 0 Å². The fourth-order valence-electron chi connectivity index (χ4n) is 1.50. The van der Waals surface area contributed by atoms with Crippen LogP contribution < -0.4 is 5.32 Å². The van der Waals surface area contributed by atoms with Crippen LogP contribution in [0.15, 0.2) is 11.5 Å². The molecule has 1 aliphatic rings. The van der Waals surface area contributed by atoms with Gasteiger partial charge in [-0.2, -0.15) is 0 Å². The zero-order valence-corrected chi connectivity index (χ0v) is 9.33. The molecule has 0 aromatic rings. The number of carboxylic acids is 1. The normalized spacial score (nSPS) is 25.3.